The number of nitrogens with zero attached hydrogens (tertiary/aromatic N) is 3. The van der Waals surface area contributed by atoms with Crippen molar-refractivity contribution in [2.24, 2.45) is 0 Å². The molecule has 26 heavy (non-hydrogen) atoms. The second-order valence-corrected chi connectivity index (χ2v) is 7.09. The molecule has 0 fully saturated rings. The molecule has 0 spiro atoms. The monoisotopic (exact) mass is 334 g/mol. The number of aromatic amines is 1. The van der Waals surface area contributed by atoms with Gasteiger partial charge in [-0.2, -0.15) is 5.26 Å². The Morgan fingerprint density at radius 3 is 2.69 bits per heavy atom. The van der Waals surface area contributed by atoms with Crippen molar-refractivity contribution in [3.05, 3.63) is 71.7 Å². The lowest BCUT2D eigenvalue weighted by Gasteiger charge is -2.26. The predicted molar refractivity (Wildman–Crippen MR) is 102 cm³/mol. The zero-order valence-electron chi connectivity index (χ0n) is 14.0. The summed E-state index contributed by atoms with van der Waals surface area (Å²) in [6, 6.07) is 13.0. The Morgan fingerprint density at radius 1 is 1.08 bits per heavy atom. The minimum atomic E-state index is -0.676. The van der Waals surface area contributed by atoms with Crippen LogP contribution in [-0.2, 0) is 11.8 Å². The standard InChI is InChI=1S/C22H14N4/c23-12-22(8-4-1-5-9-22)21-15-7-3-2-6-14(15)18-16(24-21)10-13-11-17-25-19(13)20(18)26-17/h1-8,10,24H,9,11H2. The van der Waals surface area contributed by atoms with Crippen LogP contribution in [0.25, 0.3) is 32.7 Å². The minimum absolute atomic E-state index is 0.668. The molecule has 0 saturated heterocycles. The largest absolute Gasteiger partial charge is 0.356 e. The van der Waals surface area contributed by atoms with Gasteiger partial charge in [-0.1, -0.05) is 48.6 Å². The van der Waals surface area contributed by atoms with Gasteiger partial charge in [-0.25, -0.2) is 9.97 Å². The Hall–Kier alpha value is -3.45. The van der Waals surface area contributed by atoms with Crippen molar-refractivity contribution in [3.8, 4) is 6.07 Å². The number of nitriles is 1. The molecule has 1 N–H and O–H groups in total. The van der Waals surface area contributed by atoms with Crippen molar-refractivity contribution in [1.82, 2.24) is 15.0 Å². The van der Waals surface area contributed by atoms with Crippen LogP contribution in [0, 0.1) is 11.3 Å². The number of nitrogens with one attached hydrogen (secondary N) is 1. The molecule has 2 bridgehead atoms. The number of imidazole rings is 1. The topological polar surface area (TPSA) is 65.4 Å². The van der Waals surface area contributed by atoms with Crippen LogP contribution >= 0.6 is 0 Å². The number of H-pyrrole nitrogens is 1. The van der Waals surface area contributed by atoms with Gasteiger partial charge >= 0.3 is 0 Å². The number of pyridine rings is 1. The van der Waals surface area contributed by atoms with Gasteiger partial charge < -0.3 is 4.98 Å². The zero-order valence-corrected chi connectivity index (χ0v) is 14.0. The van der Waals surface area contributed by atoms with E-state index in [0.717, 1.165) is 50.6 Å². The third kappa shape index (κ3) is 1.58. The summed E-state index contributed by atoms with van der Waals surface area (Å²) >= 11 is 0. The first-order valence-electron chi connectivity index (χ1n) is 8.78. The van der Waals surface area contributed by atoms with Crippen LogP contribution in [0.2, 0.25) is 0 Å². The normalized spacial score (nSPS) is 20.6. The second kappa shape index (κ2) is 4.59. The average Bonchev–Trinajstić information content (AvgIpc) is 3.29. The summed E-state index contributed by atoms with van der Waals surface area (Å²) in [5.74, 6) is 0.911. The number of aromatic nitrogens is 3. The van der Waals surface area contributed by atoms with Gasteiger partial charge in [0, 0.05) is 28.4 Å². The fourth-order valence-electron chi connectivity index (χ4n) is 4.40. The summed E-state index contributed by atoms with van der Waals surface area (Å²) in [6.07, 6.45) is 9.50. The van der Waals surface area contributed by atoms with Crippen LogP contribution in [0.15, 0.2) is 54.6 Å². The summed E-state index contributed by atoms with van der Waals surface area (Å²) in [6.45, 7) is 0. The van der Waals surface area contributed by atoms with Crippen LogP contribution < -0.4 is 0 Å². The van der Waals surface area contributed by atoms with Gasteiger partial charge in [-0.3, -0.25) is 0 Å². The first kappa shape index (κ1) is 13.8. The van der Waals surface area contributed by atoms with Crippen molar-refractivity contribution in [2.75, 3.05) is 0 Å². The molecule has 4 aromatic rings. The number of benzene rings is 2. The van der Waals surface area contributed by atoms with E-state index in [1.165, 1.54) is 5.56 Å². The number of fused-ring (bicyclic) bond motifs is 5. The van der Waals surface area contributed by atoms with Gasteiger partial charge in [0.1, 0.15) is 16.8 Å². The Labute approximate surface area is 149 Å². The van der Waals surface area contributed by atoms with Gasteiger partial charge in [0.05, 0.1) is 11.6 Å². The molecule has 0 saturated carbocycles. The lowest BCUT2D eigenvalue weighted by molar-refractivity contribution is 0.676. The summed E-state index contributed by atoms with van der Waals surface area (Å²) in [4.78, 5) is 12.9. The maximum absolute atomic E-state index is 10.1. The Morgan fingerprint density at radius 2 is 1.92 bits per heavy atom. The number of hydrogen-bond donors (Lipinski definition) is 1. The molecule has 6 rings (SSSR count). The van der Waals surface area contributed by atoms with Gasteiger partial charge in [-0.05, 0) is 23.4 Å². The molecule has 2 aliphatic rings. The lowest BCUT2D eigenvalue weighted by atomic mass is 9.77. The van der Waals surface area contributed by atoms with Crippen molar-refractivity contribution >= 4 is 32.7 Å². The molecule has 0 amide bonds. The fraction of sp³-hybridized carbons (Fsp3) is 0.136. The highest BCUT2D eigenvalue weighted by Crippen LogP contribution is 2.41. The van der Waals surface area contributed by atoms with Gasteiger partial charge in [0.2, 0.25) is 0 Å². The van der Waals surface area contributed by atoms with E-state index in [4.69, 9.17) is 4.98 Å². The van der Waals surface area contributed by atoms with Crippen LogP contribution in [0.5, 0.6) is 0 Å². The third-order valence-corrected chi connectivity index (χ3v) is 5.62. The molecular formula is C22H14N4. The molecule has 1 unspecified atom stereocenters. The molecule has 2 aromatic heterocycles. The van der Waals surface area contributed by atoms with E-state index < -0.39 is 5.41 Å². The van der Waals surface area contributed by atoms with Crippen molar-refractivity contribution in [1.29, 1.82) is 5.26 Å². The molecule has 1 aliphatic heterocycles. The number of allylic oxidation sites excluding steroid dienone is 4. The molecular weight excluding hydrogens is 320 g/mol. The van der Waals surface area contributed by atoms with Crippen LogP contribution in [0.1, 0.15) is 23.5 Å². The Balaban J connectivity index is 1.82. The van der Waals surface area contributed by atoms with E-state index in [0.29, 0.717) is 6.42 Å². The Bertz CT molecular complexity index is 1350. The highest BCUT2D eigenvalue weighted by molar-refractivity contribution is 6.19. The predicted octanol–water partition coefficient (Wildman–Crippen LogP) is 4.45. The maximum atomic E-state index is 10.1. The average molecular weight is 334 g/mol. The van der Waals surface area contributed by atoms with E-state index in [9.17, 15) is 5.26 Å². The van der Waals surface area contributed by atoms with Crippen LogP contribution in [0.4, 0.5) is 0 Å². The molecule has 122 valence electrons. The SMILES string of the molecule is N#CC1(c2[nH]c3cc4c5nc(nc5c3c3ccccc23)C4)C=CC=CC1. The maximum Gasteiger partial charge on any atom is 0.134 e. The first-order chi connectivity index (χ1) is 12.8. The molecule has 4 nitrogen and oxygen atoms in total. The molecule has 0 radical (unpaired) electrons. The van der Waals surface area contributed by atoms with Gasteiger partial charge in [-0.15, -0.1) is 0 Å². The fourth-order valence-corrected chi connectivity index (χ4v) is 4.40. The summed E-state index contributed by atoms with van der Waals surface area (Å²) in [7, 11) is 0. The van der Waals surface area contributed by atoms with Crippen molar-refractivity contribution in [2.45, 2.75) is 18.3 Å². The van der Waals surface area contributed by atoms with Crippen molar-refractivity contribution < 1.29 is 0 Å². The molecule has 1 atom stereocenters. The molecule has 1 aliphatic carbocycles. The smallest absolute Gasteiger partial charge is 0.134 e. The van der Waals surface area contributed by atoms with E-state index in [1.54, 1.807) is 0 Å². The lowest BCUT2D eigenvalue weighted by Crippen LogP contribution is -2.24. The molecule has 4 heteroatoms. The summed E-state index contributed by atoms with van der Waals surface area (Å²) in [5, 5.41) is 13.3. The summed E-state index contributed by atoms with van der Waals surface area (Å²) in [5.41, 5.74) is 4.53. The van der Waals surface area contributed by atoms with Gasteiger partial charge in [0.15, 0.2) is 0 Å². The van der Waals surface area contributed by atoms with Crippen molar-refractivity contribution in [3.63, 3.8) is 0 Å². The van der Waals surface area contributed by atoms with E-state index in [-0.39, 0.29) is 0 Å². The Kier molecular flexibility index (Phi) is 2.43. The highest BCUT2D eigenvalue weighted by atomic mass is 14.9. The highest BCUT2D eigenvalue weighted by Gasteiger charge is 2.33. The second-order valence-electron chi connectivity index (χ2n) is 7.09. The number of hydrogen-bond acceptors (Lipinski definition) is 3. The first-order valence-corrected chi connectivity index (χ1v) is 8.78. The summed E-state index contributed by atoms with van der Waals surface area (Å²) < 4.78 is 0. The molecule has 3 heterocycles. The third-order valence-electron chi connectivity index (χ3n) is 5.62. The van der Waals surface area contributed by atoms with Gasteiger partial charge in [0.25, 0.3) is 0 Å². The van der Waals surface area contributed by atoms with E-state index >= 15 is 0 Å². The molecule has 2 aromatic carbocycles. The van der Waals surface area contributed by atoms with Crippen LogP contribution in [-0.4, -0.2) is 15.0 Å². The van der Waals surface area contributed by atoms with E-state index in [1.807, 2.05) is 30.4 Å². The quantitative estimate of drug-likeness (QED) is 0.461. The minimum Gasteiger partial charge on any atom is -0.356 e. The number of rotatable bonds is 1. The zero-order chi connectivity index (χ0) is 17.3. The van der Waals surface area contributed by atoms with Crippen LogP contribution in [0.3, 0.4) is 0 Å². The van der Waals surface area contributed by atoms with E-state index in [2.05, 4.69) is 40.3 Å².